The largest absolute Gasteiger partial charge is 0.352 e. The summed E-state index contributed by atoms with van der Waals surface area (Å²) in [5.74, 6) is -0.143. The molecule has 2 amide bonds. The van der Waals surface area contributed by atoms with Gasteiger partial charge in [-0.25, -0.2) is 0 Å². The monoisotopic (exact) mass is 365 g/mol. The quantitative estimate of drug-likeness (QED) is 0.484. The number of benzene rings is 2. The van der Waals surface area contributed by atoms with Gasteiger partial charge in [0.15, 0.2) is 0 Å². The molecule has 1 N–H and O–H groups in total. The summed E-state index contributed by atoms with van der Waals surface area (Å²) in [5, 5.41) is 13.4. The Hall–Kier alpha value is -3.48. The van der Waals surface area contributed by atoms with Gasteiger partial charge >= 0.3 is 0 Å². The number of carbonyl (C=O) groups is 2. The van der Waals surface area contributed by atoms with E-state index in [2.05, 4.69) is 5.32 Å². The second kappa shape index (κ2) is 8.27. The molecule has 138 valence electrons. The minimum Gasteiger partial charge on any atom is -0.352 e. The highest BCUT2D eigenvalue weighted by Crippen LogP contribution is 2.24. The number of nitro benzene ring substituents is 1. The predicted molar refractivity (Wildman–Crippen MR) is 102 cm³/mol. The van der Waals surface area contributed by atoms with Gasteiger partial charge in [0.25, 0.3) is 5.69 Å². The zero-order valence-corrected chi connectivity index (χ0v) is 14.6. The maximum Gasteiger partial charge on any atom is 0.269 e. The summed E-state index contributed by atoms with van der Waals surface area (Å²) in [6.07, 6.45) is 3.38. The summed E-state index contributed by atoms with van der Waals surface area (Å²) in [6.45, 7) is 0.994. The van der Waals surface area contributed by atoms with Gasteiger partial charge in [-0.05, 0) is 35.9 Å². The predicted octanol–water partition coefficient (Wildman–Crippen LogP) is 2.78. The number of rotatable bonds is 6. The Bertz CT molecular complexity index is 863. The van der Waals surface area contributed by atoms with Crippen molar-refractivity contribution in [1.82, 2.24) is 5.32 Å². The number of nitrogens with zero attached hydrogens (tertiary/aromatic N) is 2. The summed E-state index contributed by atoms with van der Waals surface area (Å²) < 4.78 is 0. The summed E-state index contributed by atoms with van der Waals surface area (Å²) in [5.41, 5.74) is 1.57. The highest BCUT2D eigenvalue weighted by atomic mass is 16.6. The highest BCUT2D eigenvalue weighted by Gasteiger charge is 2.30. The van der Waals surface area contributed by atoms with E-state index in [-0.39, 0.29) is 23.4 Å². The molecule has 0 aromatic heterocycles. The van der Waals surface area contributed by atoms with Crippen LogP contribution in [0.25, 0.3) is 6.08 Å². The van der Waals surface area contributed by atoms with E-state index in [0.29, 0.717) is 25.1 Å². The Kier molecular flexibility index (Phi) is 5.61. The van der Waals surface area contributed by atoms with Gasteiger partial charge in [0.1, 0.15) is 0 Å². The van der Waals surface area contributed by atoms with E-state index in [0.717, 1.165) is 5.69 Å². The van der Waals surface area contributed by atoms with Crippen LogP contribution in [0.15, 0.2) is 60.7 Å². The van der Waals surface area contributed by atoms with Gasteiger partial charge in [0.2, 0.25) is 11.8 Å². The van der Waals surface area contributed by atoms with E-state index in [1.165, 1.54) is 18.2 Å². The van der Waals surface area contributed by atoms with E-state index in [9.17, 15) is 19.7 Å². The molecule has 1 saturated heterocycles. The number of anilines is 1. The Morgan fingerprint density at radius 1 is 1.19 bits per heavy atom. The molecule has 0 aliphatic carbocycles. The van der Waals surface area contributed by atoms with Crippen molar-refractivity contribution in [3.8, 4) is 0 Å². The molecule has 1 heterocycles. The first-order valence-corrected chi connectivity index (χ1v) is 8.59. The Labute approximate surface area is 156 Å². The molecule has 1 atom stereocenters. The van der Waals surface area contributed by atoms with Crippen LogP contribution in [-0.4, -0.2) is 29.8 Å². The molecule has 2 aromatic rings. The number of hydrogen-bond donors (Lipinski definition) is 1. The molecular weight excluding hydrogens is 346 g/mol. The van der Waals surface area contributed by atoms with Crippen LogP contribution in [0, 0.1) is 16.0 Å². The number of nitro groups is 1. The third-order valence-electron chi connectivity index (χ3n) is 4.37. The molecule has 1 aliphatic heterocycles. The molecule has 7 nitrogen and oxygen atoms in total. The van der Waals surface area contributed by atoms with Crippen molar-refractivity contribution in [1.29, 1.82) is 0 Å². The summed E-state index contributed by atoms with van der Waals surface area (Å²) in [6, 6.07) is 15.4. The Morgan fingerprint density at radius 2 is 1.89 bits per heavy atom. The third-order valence-corrected chi connectivity index (χ3v) is 4.37. The molecule has 1 fully saturated rings. The van der Waals surface area contributed by atoms with Crippen molar-refractivity contribution in [2.24, 2.45) is 5.92 Å². The minimum absolute atomic E-state index is 0.00507. The second-order valence-electron chi connectivity index (χ2n) is 6.34. The number of amides is 2. The van der Waals surface area contributed by atoms with E-state index >= 15 is 0 Å². The fraction of sp³-hybridized carbons (Fsp3) is 0.200. The molecule has 0 saturated carbocycles. The van der Waals surface area contributed by atoms with Gasteiger partial charge in [-0.1, -0.05) is 18.2 Å². The first-order chi connectivity index (χ1) is 13.0. The molecule has 3 rings (SSSR count). The molecular formula is C20H19N3O4. The van der Waals surface area contributed by atoms with Crippen LogP contribution in [0.4, 0.5) is 11.4 Å². The van der Waals surface area contributed by atoms with Crippen LogP contribution in [0.1, 0.15) is 12.0 Å². The number of non-ortho nitro benzene ring substituents is 1. The smallest absolute Gasteiger partial charge is 0.269 e. The maximum atomic E-state index is 12.2. The first-order valence-electron chi connectivity index (χ1n) is 8.59. The fourth-order valence-corrected chi connectivity index (χ4v) is 2.96. The van der Waals surface area contributed by atoms with Crippen molar-refractivity contribution >= 4 is 29.3 Å². The van der Waals surface area contributed by atoms with Crippen LogP contribution in [0.5, 0.6) is 0 Å². The second-order valence-corrected chi connectivity index (χ2v) is 6.34. The van der Waals surface area contributed by atoms with Gasteiger partial charge in [-0.15, -0.1) is 0 Å². The van der Waals surface area contributed by atoms with Crippen LogP contribution in [0.3, 0.4) is 0 Å². The van der Waals surface area contributed by atoms with Gasteiger partial charge < -0.3 is 10.2 Å². The van der Waals surface area contributed by atoms with E-state index in [1.807, 2.05) is 30.3 Å². The average Bonchev–Trinajstić information content (AvgIpc) is 3.06. The van der Waals surface area contributed by atoms with Gasteiger partial charge in [0.05, 0.1) is 4.92 Å². The van der Waals surface area contributed by atoms with E-state index < -0.39 is 4.92 Å². The van der Waals surface area contributed by atoms with Crippen LogP contribution in [-0.2, 0) is 9.59 Å². The lowest BCUT2D eigenvalue weighted by molar-refractivity contribution is -0.384. The number of nitrogens with one attached hydrogen (secondary N) is 1. The Morgan fingerprint density at radius 3 is 2.56 bits per heavy atom. The zero-order valence-electron chi connectivity index (χ0n) is 14.6. The lowest BCUT2D eigenvalue weighted by Crippen LogP contribution is -2.30. The molecule has 1 aliphatic rings. The summed E-state index contributed by atoms with van der Waals surface area (Å²) in [7, 11) is 0. The highest BCUT2D eigenvalue weighted by molar-refractivity contribution is 5.96. The molecule has 0 radical (unpaired) electrons. The average molecular weight is 365 g/mol. The lowest BCUT2D eigenvalue weighted by atomic mass is 10.1. The minimum atomic E-state index is -0.470. The molecule has 0 spiro atoms. The SMILES string of the molecule is O=C(/C=C\c1ccc([N+](=O)[O-])cc1)NCC1CC(=O)N(c2ccccc2)C1. The van der Waals surface area contributed by atoms with Crippen LogP contribution >= 0.6 is 0 Å². The topological polar surface area (TPSA) is 92.5 Å². The van der Waals surface area contributed by atoms with Crippen molar-refractivity contribution in [2.75, 3.05) is 18.0 Å². The third kappa shape index (κ3) is 4.78. The van der Waals surface area contributed by atoms with Gasteiger partial charge in [0, 0.05) is 49.3 Å². The molecule has 7 heteroatoms. The zero-order chi connectivity index (χ0) is 19.2. The van der Waals surface area contributed by atoms with Gasteiger partial charge in [-0.3, -0.25) is 19.7 Å². The van der Waals surface area contributed by atoms with Gasteiger partial charge in [-0.2, -0.15) is 0 Å². The summed E-state index contributed by atoms with van der Waals surface area (Å²) in [4.78, 5) is 36.0. The van der Waals surface area contributed by atoms with Crippen molar-refractivity contribution < 1.29 is 14.5 Å². The standard InChI is InChI=1S/C20H19N3O4/c24-19(11-8-15-6-9-18(10-7-15)23(26)27)21-13-16-12-20(25)22(14-16)17-4-2-1-3-5-17/h1-11,16H,12-14H2,(H,21,24)/b11-8-. The lowest BCUT2D eigenvalue weighted by Gasteiger charge is -2.16. The van der Waals surface area contributed by atoms with Crippen LogP contribution < -0.4 is 10.2 Å². The summed E-state index contributed by atoms with van der Waals surface area (Å²) >= 11 is 0. The number of carbonyl (C=O) groups excluding carboxylic acids is 2. The first kappa shape index (κ1) is 18.3. The number of para-hydroxylation sites is 1. The number of hydrogen-bond acceptors (Lipinski definition) is 4. The maximum absolute atomic E-state index is 12.2. The van der Waals surface area contributed by atoms with Crippen LogP contribution in [0.2, 0.25) is 0 Å². The fourth-order valence-electron chi connectivity index (χ4n) is 2.96. The van der Waals surface area contributed by atoms with E-state index in [4.69, 9.17) is 0 Å². The molecule has 2 aromatic carbocycles. The van der Waals surface area contributed by atoms with Crippen molar-refractivity contribution in [3.05, 3.63) is 76.4 Å². The molecule has 27 heavy (non-hydrogen) atoms. The van der Waals surface area contributed by atoms with Crippen molar-refractivity contribution in [2.45, 2.75) is 6.42 Å². The molecule has 1 unspecified atom stereocenters. The van der Waals surface area contributed by atoms with Crippen molar-refractivity contribution in [3.63, 3.8) is 0 Å². The normalized spacial score (nSPS) is 16.7. The Balaban J connectivity index is 1.49. The van der Waals surface area contributed by atoms with E-state index in [1.54, 1.807) is 23.1 Å². The molecule has 0 bridgehead atoms.